The first-order valence-corrected chi connectivity index (χ1v) is 11.0. The fourth-order valence-corrected chi connectivity index (χ4v) is 4.71. The zero-order chi connectivity index (χ0) is 20.9. The van der Waals surface area contributed by atoms with E-state index in [1.165, 1.54) is 7.11 Å². The molecule has 3 rings (SSSR count). The van der Waals surface area contributed by atoms with E-state index in [4.69, 9.17) is 26.2 Å². The number of ether oxygens (including phenoxy) is 2. The lowest BCUT2D eigenvalue weighted by Gasteiger charge is -2.29. The minimum absolute atomic E-state index is 0.140. The summed E-state index contributed by atoms with van der Waals surface area (Å²) < 4.78 is 16.9. The molecule has 2 aromatic rings. The molecular formula is C20H25N3O4S2. The lowest BCUT2D eigenvalue weighted by molar-refractivity contribution is -0.132. The van der Waals surface area contributed by atoms with E-state index in [0.29, 0.717) is 41.8 Å². The SMILES string of the molecule is COC1(c2nc(C)no2)CSCc2cccc(C)c2C(=S)OCCCCC(=O)N1. The minimum atomic E-state index is -1.19. The number of methoxy groups -OCH3 is 1. The summed E-state index contributed by atoms with van der Waals surface area (Å²) in [6, 6.07) is 6.08. The van der Waals surface area contributed by atoms with Crippen LogP contribution in [0.25, 0.3) is 0 Å². The Balaban J connectivity index is 1.92. The zero-order valence-corrected chi connectivity index (χ0v) is 18.5. The number of aromatic nitrogens is 2. The average molecular weight is 436 g/mol. The first kappa shape index (κ1) is 21.7. The predicted molar refractivity (Wildman–Crippen MR) is 115 cm³/mol. The number of rotatable bonds is 2. The van der Waals surface area contributed by atoms with Crippen LogP contribution in [0.3, 0.4) is 0 Å². The predicted octanol–water partition coefficient (Wildman–Crippen LogP) is 3.41. The number of fused-ring (bicyclic) bond motifs is 1. The van der Waals surface area contributed by atoms with Gasteiger partial charge in [0.2, 0.25) is 11.6 Å². The molecule has 0 aliphatic carbocycles. The number of nitrogens with zero attached hydrogens (tertiary/aromatic N) is 2. The molecule has 9 heteroatoms. The lowest BCUT2D eigenvalue weighted by atomic mass is 10.0. The van der Waals surface area contributed by atoms with Gasteiger partial charge in [-0.1, -0.05) is 23.4 Å². The number of nitrogens with one attached hydrogen (secondary N) is 1. The molecule has 0 saturated heterocycles. The molecule has 156 valence electrons. The maximum atomic E-state index is 12.6. The van der Waals surface area contributed by atoms with Crippen LogP contribution in [0.4, 0.5) is 0 Å². The van der Waals surface area contributed by atoms with Crippen LogP contribution in [0, 0.1) is 13.8 Å². The van der Waals surface area contributed by atoms with Crippen LogP contribution in [-0.4, -0.2) is 40.6 Å². The number of benzene rings is 1. The minimum Gasteiger partial charge on any atom is -0.483 e. The highest BCUT2D eigenvalue weighted by Crippen LogP contribution is 2.30. The van der Waals surface area contributed by atoms with E-state index in [9.17, 15) is 4.79 Å². The number of thioether (sulfide) groups is 1. The fraction of sp³-hybridized carbons (Fsp3) is 0.500. The van der Waals surface area contributed by atoms with Crippen molar-refractivity contribution in [2.75, 3.05) is 19.5 Å². The second-order valence-corrected chi connectivity index (χ2v) is 8.28. The third-order valence-electron chi connectivity index (χ3n) is 4.72. The number of aryl methyl sites for hydroxylation is 2. The fourth-order valence-electron chi connectivity index (χ4n) is 3.17. The van der Waals surface area contributed by atoms with Gasteiger partial charge in [0.25, 0.3) is 5.89 Å². The second kappa shape index (κ2) is 9.69. The van der Waals surface area contributed by atoms with Gasteiger partial charge in [0, 0.05) is 24.8 Å². The van der Waals surface area contributed by atoms with E-state index < -0.39 is 5.72 Å². The monoisotopic (exact) mass is 435 g/mol. The van der Waals surface area contributed by atoms with E-state index >= 15 is 0 Å². The second-order valence-electron chi connectivity index (χ2n) is 6.92. The molecule has 1 unspecified atom stereocenters. The topological polar surface area (TPSA) is 86.5 Å². The molecule has 29 heavy (non-hydrogen) atoms. The van der Waals surface area contributed by atoms with Gasteiger partial charge in [-0.15, -0.1) is 0 Å². The summed E-state index contributed by atoms with van der Waals surface area (Å²) in [4.78, 5) is 16.9. The lowest BCUT2D eigenvalue weighted by Crippen LogP contribution is -2.49. The number of carbonyl (C=O) groups is 1. The van der Waals surface area contributed by atoms with Crippen LogP contribution in [0.1, 0.15) is 47.7 Å². The summed E-state index contributed by atoms with van der Waals surface area (Å²) in [7, 11) is 1.53. The summed E-state index contributed by atoms with van der Waals surface area (Å²) in [5, 5.41) is 7.33. The van der Waals surface area contributed by atoms with Gasteiger partial charge in [0.05, 0.1) is 12.4 Å². The third kappa shape index (κ3) is 5.15. The molecule has 1 aliphatic heterocycles. The van der Waals surface area contributed by atoms with Crippen molar-refractivity contribution >= 4 is 34.9 Å². The van der Waals surface area contributed by atoms with Crippen molar-refractivity contribution < 1.29 is 18.8 Å². The Morgan fingerprint density at radius 2 is 2.14 bits per heavy atom. The van der Waals surface area contributed by atoms with Crippen LogP contribution in [-0.2, 0) is 25.7 Å². The van der Waals surface area contributed by atoms with Gasteiger partial charge < -0.3 is 19.3 Å². The van der Waals surface area contributed by atoms with Gasteiger partial charge in [0.1, 0.15) is 0 Å². The van der Waals surface area contributed by atoms with Crippen LogP contribution < -0.4 is 5.32 Å². The van der Waals surface area contributed by atoms with Gasteiger partial charge >= 0.3 is 0 Å². The normalized spacial score (nSPS) is 21.6. The van der Waals surface area contributed by atoms with Crippen LogP contribution in [0.5, 0.6) is 0 Å². The maximum absolute atomic E-state index is 12.6. The Morgan fingerprint density at radius 3 is 2.86 bits per heavy atom. The number of hydrogen-bond acceptors (Lipinski definition) is 8. The Labute approximate surface area is 179 Å². The van der Waals surface area contributed by atoms with Gasteiger partial charge in [-0.3, -0.25) is 4.79 Å². The van der Waals surface area contributed by atoms with Crippen molar-refractivity contribution in [1.29, 1.82) is 0 Å². The van der Waals surface area contributed by atoms with Gasteiger partial charge in [-0.2, -0.15) is 16.7 Å². The number of carbonyl (C=O) groups excluding carboxylic acids is 1. The van der Waals surface area contributed by atoms with E-state index in [0.717, 1.165) is 23.1 Å². The van der Waals surface area contributed by atoms with Crippen molar-refractivity contribution in [2.45, 2.75) is 44.6 Å². The molecule has 0 fully saturated rings. The standard InChI is InChI=1S/C20H25N3O4S2/c1-13-7-6-8-15-11-29-12-20(25-3,19-21-14(2)23-27-19)22-16(24)9-4-5-10-26-18(28)17(13)15/h6-8H,4-5,9-12H2,1-3H3,(H,22,24). The molecular weight excluding hydrogens is 410 g/mol. The highest BCUT2D eigenvalue weighted by atomic mass is 32.2. The number of thiocarbonyl (C=S) groups is 1. The summed E-state index contributed by atoms with van der Waals surface area (Å²) >= 11 is 7.13. The van der Waals surface area contributed by atoms with Crippen molar-refractivity contribution in [3.63, 3.8) is 0 Å². The molecule has 1 N–H and O–H groups in total. The summed E-state index contributed by atoms with van der Waals surface area (Å²) in [5.41, 5.74) is 1.94. The molecule has 0 saturated carbocycles. The van der Waals surface area contributed by atoms with Gasteiger partial charge in [-0.25, -0.2) is 0 Å². The summed E-state index contributed by atoms with van der Waals surface area (Å²) in [6.45, 7) is 4.24. The molecule has 2 heterocycles. The number of hydrogen-bond donors (Lipinski definition) is 1. The van der Waals surface area contributed by atoms with Crippen molar-refractivity contribution in [2.24, 2.45) is 0 Å². The molecule has 1 atom stereocenters. The molecule has 1 aromatic heterocycles. The molecule has 1 amide bonds. The first-order chi connectivity index (χ1) is 13.9. The molecule has 7 nitrogen and oxygen atoms in total. The third-order valence-corrected chi connectivity index (χ3v) is 6.17. The smallest absolute Gasteiger partial charge is 0.280 e. The largest absolute Gasteiger partial charge is 0.483 e. The quantitative estimate of drug-likeness (QED) is 0.718. The van der Waals surface area contributed by atoms with Crippen LogP contribution >= 0.6 is 24.0 Å². The number of amides is 1. The van der Waals surface area contributed by atoms with E-state index in [2.05, 4.69) is 15.5 Å². The van der Waals surface area contributed by atoms with E-state index in [1.807, 2.05) is 25.1 Å². The van der Waals surface area contributed by atoms with Gasteiger partial charge in [0.15, 0.2) is 10.9 Å². The van der Waals surface area contributed by atoms with Crippen molar-refractivity contribution in [1.82, 2.24) is 15.5 Å². The van der Waals surface area contributed by atoms with Crippen molar-refractivity contribution in [3.05, 3.63) is 46.6 Å². The molecule has 0 spiro atoms. The van der Waals surface area contributed by atoms with Gasteiger partial charge in [-0.05, 0) is 50.0 Å². The highest BCUT2D eigenvalue weighted by molar-refractivity contribution is 7.98. The summed E-state index contributed by atoms with van der Waals surface area (Å²) in [5.74, 6) is 1.65. The molecule has 1 aliphatic rings. The van der Waals surface area contributed by atoms with Crippen LogP contribution in [0.2, 0.25) is 0 Å². The van der Waals surface area contributed by atoms with E-state index in [1.54, 1.807) is 18.7 Å². The summed E-state index contributed by atoms with van der Waals surface area (Å²) in [6.07, 6.45) is 1.74. The highest BCUT2D eigenvalue weighted by Gasteiger charge is 2.40. The Bertz CT molecular complexity index is 886. The zero-order valence-electron chi connectivity index (χ0n) is 16.8. The van der Waals surface area contributed by atoms with Crippen LogP contribution in [0.15, 0.2) is 22.7 Å². The van der Waals surface area contributed by atoms with Crippen molar-refractivity contribution in [3.8, 4) is 0 Å². The Kier molecular flexibility index (Phi) is 7.26. The Morgan fingerprint density at radius 1 is 1.31 bits per heavy atom. The molecule has 0 radical (unpaired) electrons. The Hall–Kier alpha value is -1.97. The average Bonchev–Trinajstić information content (AvgIpc) is 3.13. The maximum Gasteiger partial charge on any atom is 0.280 e. The molecule has 1 aromatic carbocycles. The van der Waals surface area contributed by atoms with E-state index in [-0.39, 0.29) is 11.8 Å². The molecule has 0 bridgehead atoms. The first-order valence-electron chi connectivity index (χ1n) is 9.45.